The third-order valence-electron chi connectivity index (χ3n) is 5.12. The number of halogens is 4. The summed E-state index contributed by atoms with van der Waals surface area (Å²) in [6.07, 6.45) is -2.26. The van der Waals surface area contributed by atoms with Crippen molar-refractivity contribution in [1.29, 1.82) is 0 Å². The molecule has 0 saturated carbocycles. The molecule has 0 spiro atoms. The van der Waals surface area contributed by atoms with Crippen LogP contribution in [0.4, 0.5) is 13.2 Å². The molecule has 1 N–H and O–H groups in total. The summed E-state index contributed by atoms with van der Waals surface area (Å²) < 4.78 is 41.7. The Labute approximate surface area is 180 Å². The Bertz CT molecular complexity index is 1260. The number of H-pyrrole nitrogens is 1. The number of allylic oxidation sites excluding steroid dienone is 2. The quantitative estimate of drug-likeness (QED) is 0.456. The van der Waals surface area contributed by atoms with E-state index in [1.165, 1.54) is 6.07 Å². The number of aryl methyl sites for hydroxylation is 1. The number of aromatic amines is 1. The molecule has 0 aliphatic heterocycles. The number of hydrogen-bond donors (Lipinski definition) is 1. The predicted octanol–water partition coefficient (Wildman–Crippen LogP) is 5.22. The van der Waals surface area contributed by atoms with Gasteiger partial charge in [-0.1, -0.05) is 29.8 Å². The molecular formula is C21H18ClF3N6. The molecule has 0 amide bonds. The third-order valence-corrected chi connectivity index (χ3v) is 5.35. The molecule has 0 radical (unpaired) electrons. The minimum Gasteiger partial charge on any atom is -0.260 e. The van der Waals surface area contributed by atoms with Crippen LogP contribution in [0, 0.1) is 6.92 Å². The van der Waals surface area contributed by atoms with Gasteiger partial charge in [0.1, 0.15) is 0 Å². The number of tetrazole rings is 1. The summed E-state index contributed by atoms with van der Waals surface area (Å²) in [4.78, 5) is 0. The summed E-state index contributed by atoms with van der Waals surface area (Å²) >= 11 is 6.04. The average molecular weight is 447 g/mol. The summed E-state index contributed by atoms with van der Waals surface area (Å²) in [6.45, 7) is 4.06. The maximum Gasteiger partial charge on any atom is 0.416 e. The first kappa shape index (κ1) is 21.0. The fourth-order valence-electron chi connectivity index (χ4n) is 3.46. The van der Waals surface area contributed by atoms with Crippen LogP contribution in [-0.2, 0) is 19.1 Å². The van der Waals surface area contributed by atoms with Gasteiger partial charge in [0.25, 0.3) is 0 Å². The number of hydrogen-bond acceptors (Lipinski definition) is 4. The number of aromatic nitrogens is 6. The predicted molar refractivity (Wildman–Crippen MR) is 112 cm³/mol. The molecular weight excluding hydrogens is 429 g/mol. The molecule has 10 heteroatoms. The molecule has 0 aliphatic rings. The van der Waals surface area contributed by atoms with Gasteiger partial charge in [-0.2, -0.15) is 23.5 Å². The van der Waals surface area contributed by atoms with E-state index in [0.717, 1.165) is 28.8 Å². The molecule has 2 heterocycles. The molecule has 0 unspecified atom stereocenters. The van der Waals surface area contributed by atoms with Gasteiger partial charge in [-0.3, -0.25) is 4.68 Å². The molecule has 0 saturated heterocycles. The molecule has 6 nitrogen and oxygen atoms in total. The highest BCUT2D eigenvalue weighted by Crippen LogP contribution is 2.33. The van der Waals surface area contributed by atoms with E-state index >= 15 is 0 Å². The molecule has 4 aromatic rings. The van der Waals surface area contributed by atoms with Crippen LogP contribution in [-0.4, -0.2) is 30.4 Å². The summed E-state index contributed by atoms with van der Waals surface area (Å²) in [5.41, 5.74) is 2.94. The van der Waals surface area contributed by atoms with Crippen LogP contribution >= 0.6 is 11.6 Å². The van der Waals surface area contributed by atoms with Crippen molar-refractivity contribution in [3.8, 4) is 0 Å². The Morgan fingerprint density at radius 2 is 2.00 bits per heavy atom. The van der Waals surface area contributed by atoms with E-state index in [9.17, 15) is 13.2 Å². The first-order chi connectivity index (χ1) is 14.8. The number of alkyl halides is 3. The second-order valence-corrected chi connectivity index (χ2v) is 7.57. The van der Waals surface area contributed by atoms with Gasteiger partial charge in [0.15, 0.2) is 0 Å². The number of nitrogens with zero attached hydrogens (tertiary/aromatic N) is 5. The summed E-state index contributed by atoms with van der Waals surface area (Å²) in [6, 6.07) is 9.12. The minimum absolute atomic E-state index is 0.314. The first-order valence-electron chi connectivity index (χ1n) is 9.47. The fourth-order valence-corrected chi connectivity index (χ4v) is 3.68. The normalized spacial score (nSPS) is 12.6. The lowest BCUT2D eigenvalue weighted by molar-refractivity contribution is -0.137. The number of rotatable bonds is 5. The van der Waals surface area contributed by atoms with Crippen molar-refractivity contribution in [3.63, 3.8) is 0 Å². The number of nitrogens with one attached hydrogen (secondary N) is 1. The monoisotopic (exact) mass is 446 g/mol. The highest BCUT2D eigenvalue weighted by Gasteiger charge is 2.31. The summed E-state index contributed by atoms with van der Waals surface area (Å²) in [7, 11) is 0. The van der Waals surface area contributed by atoms with E-state index in [-0.39, 0.29) is 0 Å². The second-order valence-electron chi connectivity index (χ2n) is 7.13. The van der Waals surface area contributed by atoms with Gasteiger partial charge in [0.05, 0.1) is 23.3 Å². The van der Waals surface area contributed by atoms with Gasteiger partial charge in [0.2, 0.25) is 5.82 Å². The fraction of sp³-hybridized carbons (Fsp3) is 0.238. The van der Waals surface area contributed by atoms with Crippen molar-refractivity contribution in [2.24, 2.45) is 0 Å². The first-order valence-corrected chi connectivity index (χ1v) is 9.84. The van der Waals surface area contributed by atoms with Crippen LogP contribution in [0.25, 0.3) is 16.5 Å². The van der Waals surface area contributed by atoms with E-state index in [4.69, 9.17) is 11.6 Å². The Hall–Kier alpha value is -3.20. The lowest BCUT2D eigenvalue weighted by Crippen LogP contribution is -2.07. The highest BCUT2D eigenvalue weighted by atomic mass is 35.5. The van der Waals surface area contributed by atoms with E-state index in [1.54, 1.807) is 10.7 Å². The number of benzene rings is 2. The molecule has 0 aliphatic carbocycles. The Balaban J connectivity index is 1.81. The van der Waals surface area contributed by atoms with Crippen LogP contribution in [0.2, 0.25) is 5.02 Å². The lowest BCUT2D eigenvalue weighted by atomic mass is 10.0. The highest BCUT2D eigenvalue weighted by molar-refractivity contribution is 6.30. The standard InChI is InChI=1S/C21H18ClF3N6/c1-3-13(20-26-29-30-27-20)9-18-17-7-5-15(21(23,24)25)10-19(17)31(28-18)11-14-4-6-16(22)8-12(14)2/h3-8,10H,9,11H2,1-2H3,(H,26,27,29,30). The van der Waals surface area contributed by atoms with Gasteiger partial charge >= 0.3 is 6.18 Å². The van der Waals surface area contributed by atoms with Crippen molar-refractivity contribution in [2.45, 2.75) is 33.0 Å². The van der Waals surface area contributed by atoms with Gasteiger partial charge in [0, 0.05) is 22.4 Å². The topological polar surface area (TPSA) is 72.3 Å². The molecule has 31 heavy (non-hydrogen) atoms. The smallest absolute Gasteiger partial charge is 0.260 e. The SMILES string of the molecule is CC=C(Cc1nn(Cc2ccc(Cl)cc2C)c2cc(C(F)(F)F)ccc12)c1nn[nH]n1. The Kier molecular flexibility index (Phi) is 5.53. The van der Waals surface area contributed by atoms with Crippen LogP contribution in [0.1, 0.15) is 35.1 Å². The van der Waals surface area contributed by atoms with Crippen molar-refractivity contribution in [2.75, 3.05) is 0 Å². The second kappa shape index (κ2) is 8.14. The molecule has 0 fully saturated rings. The maximum absolute atomic E-state index is 13.4. The summed E-state index contributed by atoms with van der Waals surface area (Å²) in [5, 5.41) is 19.9. The average Bonchev–Trinajstić information content (AvgIpc) is 3.36. The van der Waals surface area contributed by atoms with E-state index < -0.39 is 11.7 Å². The van der Waals surface area contributed by atoms with E-state index in [2.05, 4.69) is 25.7 Å². The van der Waals surface area contributed by atoms with Crippen LogP contribution in [0.15, 0.2) is 42.5 Å². The zero-order valence-electron chi connectivity index (χ0n) is 16.7. The van der Waals surface area contributed by atoms with Crippen LogP contribution < -0.4 is 0 Å². The van der Waals surface area contributed by atoms with E-state index in [0.29, 0.717) is 40.4 Å². The van der Waals surface area contributed by atoms with Crippen molar-refractivity contribution >= 4 is 28.1 Å². The van der Waals surface area contributed by atoms with Crippen LogP contribution in [0.3, 0.4) is 0 Å². The zero-order chi connectivity index (χ0) is 22.2. The van der Waals surface area contributed by atoms with Crippen molar-refractivity contribution in [3.05, 3.63) is 75.7 Å². The van der Waals surface area contributed by atoms with Gasteiger partial charge in [-0.25, -0.2) is 0 Å². The zero-order valence-corrected chi connectivity index (χ0v) is 17.5. The Morgan fingerprint density at radius 3 is 2.65 bits per heavy atom. The van der Waals surface area contributed by atoms with Crippen molar-refractivity contribution < 1.29 is 13.2 Å². The number of fused-ring (bicyclic) bond motifs is 1. The lowest BCUT2D eigenvalue weighted by Gasteiger charge is -2.10. The van der Waals surface area contributed by atoms with Crippen molar-refractivity contribution in [1.82, 2.24) is 30.4 Å². The molecule has 160 valence electrons. The molecule has 0 bridgehead atoms. The van der Waals surface area contributed by atoms with Gasteiger partial charge in [-0.15, -0.1) is 10.2 Å². The third kappa shape index (κ3) is 4.32. The Morgan fingerprint density at radius 1 is 1.19 bits per heavy atom. The molecule has 4 rings (SSSR count). The maximum atomic E-state index is 13.4. The summed E-state index contributed by atoms with van der Waals surface area (Å²) in [5.74, 6) is 0.422. The van der Waals surface area contributed by atoms with Crippen LogP contribution in [0.5, 0.6) is 0 Å². The molecule has 2 aromatic heterocycles. The minimum atomic E-state index is -4.45. The van der Waals surface area contributed by atoms with Gasteiger partial charge in [-0.05, 0) is 54.5 Å². The molecule has 2 aromatic carbocycles. The van der Waals surface area contributed by atoms with E-state index in [1.807, 2.05) is 32.1 Å². The van der Waals surface area contributed by atoms with Gasteiger partial charge < -0.3 is 0 Å². The molecule has 0 atom stereocenters. The largest absolute Gasteiger partial charge is 0.416 e.